The van der Waals surface area contributed by atoms with Gasteiger partial charge in [-0.1, -0.05) is 0 Å². The summed E-state index contributed by atoms with van der Waals surface area (Å²) < 4.78 is 0. The van der Waals surface area contributed by atoms with E-state index in [0.29, 0.717) is 5.82 Å². The lowest BCUT2D eigenvalue weighted by Gasteiger charge is -1.99. The maximum atomic E-state index is 8.97. The molecule has 1 heterocycles. The molecule has 1 aromatic rings. The van der Waals surface area contributed by atoms with Crippen LogP contribution < -0.4 is 5.73 Å². The third-order valence-electron chi connectivity index (χ3n) is 1.00. The summed E-state index contributed by atoms with van der Waals surface area (Å²) in [5, 5.41) is 8.97. The molecule has 10 heavy (non-hydrogen) atoms. The Morgan fingerprint density at radius 1 is 1.50 bits per heavy atom. The Labute approximate surface area is 63.5 Å². The third kappa shape index (κ3) is 1.13. The zero-order valence-electron chi connectivity index (χ0n) is 5.37. The highest BCUT2D eigenvalue weighted by molar-refractivity contribution is 7.80. The van der Waals surface area contributed by atoms with Crippen molar-refractivity contribution in [2.75, 3.05) is 5.73 Å². The van der Waals surface area contributed by atoms with Crippen LogP contribution in [0.5, 0.6) is 5.88 Å². The summed E-state index contributed by atoms with van der Waals surface area (Å²) in [6, 6.07) is 0. The summed E-state index contributed by atoms with van der Waals surface area (Å²) in [6.45, 7) is 1.64. The Balaban J connectivity index is 3.31. The molecule has 0 saturated heterocycles. The molecule has 0 saturated carbocycles. The van der Waals surface area contributed by atoms with Gasteiger partial charge in [0.1, 0.15) is 16.5 Å². The molecule has 54 valence electrons. The van der Waals surface area contributed by atoms with Gasteiger partial charge in [-0.25, -0.2) is 4.98 Å². The van der Waals surface area contributed by atoms with Gasteiger partial charge in [-0.15, -0.1) is 12.6 Å². The molecule has 0 atom stereocenters. The molecule has 0 aliphatic carbocycles. The Morgan fingerprint density at radius 3 is 2.60 bits per heavy atom. The van der Waals surface area contributed by atoms with Crippen molar-refractivity contribution < 1.29 is 5.11 Å². The minimum atomic E-state index is -0.173. The lowest BCUT2D eigenvalue weighted by atomic mass is 10.5. The van der Waals surface area contributed by atoms with E-state index < -0.39 is 0 Å². The van der Waals surface area contributed by atoms with Crippen molar-refractivity contribution in [3.63, 3.8) is 0 Å². The van der Waals surface area contributed by atoms with Gasteiger partial charge in [-0.05, 0) is 6.92 Å². The zero-order chi connectivity index (χ0) is 7.72. The molecule has 0 bridgehead atoms. The Hall–Kier alpha value is -0.970. The molecule has 5 heteroatoms. The van der Waals surface area contributed by atoms with Crippen molar-refractivity contribution in [3.8, 4) is 5.88 Å². The van der Waals surface area contributed by atoms with E-state index in [1.54, 1.807) is 6.92 Å². The molecule has 3 N–H and O–H groups in total. The van der Waals surface area contributed by atoms with Crippen molar-refractivity contribution in [1.29, 1.82) is 0 Å². The molecule has 1 aromatic heterocycles. The first-order chi connectivity index (χ1) is 4.61. The number of hydrogen-bond acceptors (Lipinski definition) is 5. The number of nitrogens with zero attached hydrogens (tertiary/aromatic N) is 2. The van der Waals surface area contributed by atoms with Gasteiger partial charge in [0.25, 0.3) is 0 Å². The summed E-state index contributed by atoms with van der Waals surface area (Å²) in [4.78, 5) is 7.61. The van der Waals surface area contributed by atoms with Crippen LogP contribution in [-0.4, -0.2) is 15.1 Å². The van der Waals surface area contributed by atoms with Crippen LogP contribution >= 0.6 is 12.6 Å². The van der Waals surface area contributed by atoms with Gasteiger partial charge in [0, 0.05) is 0 Å². The molecule has 0 radical (unpaired) electrons. The van der Waals surface area contributed by atoms with Gasteiger partial charge in [-0.3, -0.25) is 0 Å². The molecular weight excluding hydrogens is 150 g/mol. The second kappa shape index (κ2) is 2.34. The average Bonchev–Trinajstić information content (AvgIpc) is 1.82. The van der Waals surface area contributed by atoms with E-state index in [1.807, 2.05) is 0 Å². The van der Waals surface area contributed by atoms with Gasteiger partial charge < -0.3 is 10.8 Å². The Kier molecular flexibility index (Phi) is 1.67. The van der Waals surface area contributed by atoms with Crippen LogP contribution in [0.3, 0.4) is 0 Å². The number of aromatic hydroxyl groups is 1. The Morgan fingerprint density at radius 2 is 2.10 bits per heavy atom. The van der Waals surface area contributed by atoms with E-state index in [9.17, 15) is 0 Å². The molecule has 0 fully saturated rings. The van der Waals surface area contributed by atoms with E-state index in [4.69, 9.17) is 10.8 Å². The molecule has 0 aliphatic heterocycles. The molecule has 4 nitrogen and oxygen atoms in total. The van der Waals surface area contributed by atoms with Gasteiger partial charge in [0.2, 0.25) is 5.88 Å². The molecule has 0 aromatic carbocycles. The predicted molar refractivity (Wildman–Crippen MR) is 40.1 cm³/mol. The second-order valence-electron chi connectivity index (χ2n) is 1.83. The topological polar surface area (TPSA) is 72.0 Å². The first kappa shape index (κ1) is 7.14. The second-order valence-corrected chi connectivity index (χ2v) is 2.28. The molecule has 0 unspecified atom stereocenters. The van der Waals surface area contributed by atoms with Gasteiger partial charge in [0.05, 0.1) is 0 Å². The van der Waals surface area contributed by atoms with E-state index in [0.717, 1.165) is 0 Å². The average molecular weight is 157 g/mol. The van der Waals surface area contributed by atoms with Gasteiger partial charge >= 0.3 is 0 Å². The fraction of sp³-hybridized carbons (Fsp3) is 0.200. The normalized spacial score (nSPS) is 9.80. The van der Waals surface area contributed by atoms with E-state index in [2.05, 4.69) is 22.6 Å². The maximum Gasteiger partial charge on any atom is 0.230 e. The SMILES string of the molecule is Cc1nc(N)c(S)c(O)n1. The quantitative estimate of drug-likeness (QED) is 0.475. The van der Waals surface area contributed by atoms with Gasteiger partial charge in [0.15, 0.2) is 0 Å². The minimum Gasteiger partial charge on any atom is -0.492 e. The van der Waals surface area contributed by atoms with Crippen LogP contribution in [0.1, 0.15) is 5.82 Å². The first-order valence-corrected chi connectivity index (χ1v) is 3.08. The summed E-state index contributed by atoms with van der Waals surface area (Å²) in [5.74, 6) is 0.467. The number of nitrogen functional groups attached to an aromatic ring is 1. The minimum absolute atomic E-state index is 0.173. The van der Waals surface area contributed by atoms with Crippen LogP contribution in [0.2, 0.25) is 0 Å². The van der Waals surface area contributed by atoms with Crippen molar-refractivity contribution >= 4 is 18.4 Å². The highest BCUT2D eigenvalue weighted by atomic mass is 32.1. The van der Waals surface area contributed by atoms with E-state index >= 15 is 0 Å². The fourth-order valence-corrected chi connectivity index (χ4v) is 0.673. The van der Waals surface area contributed by atoms with Crippen LogP contribution in [0.15, 0.2) is 4.90 Å². The molecule has 0 amide bonds. The highest BCUT2D eigenvalue weighted by Crippen LogP contribution is 2.22. The summed E-state index contributed by atoms with van der Waals surface area (Å²) in [6.07, 6.45) is 0. The highest BCUT2D eigenvalue weighted by Gasteiger charge is 2.03. The number of rotatable bonds is 0. The smallest absolute Gasteiger partial charge is 0.230 e. The zero-order valence-corrected chi connectivity index (χ0v) is 6.26. The number of thiol groups is 1. The summed E-state index contributed by atoms with van der Waals surface area (Å²) in [7, 11) is 0. The van der Waals surface area contributed by atoms with Crippen LogP contribution in [0.4, 0.5) is 5.82 Å². The van der Waals surface area contributed by atoms with Crippen LogP contribution in [-0.2, 0) is 0 Å². The fourth-order valence-electron chi connectivity index (χ4n) is 0.573. The van der Waals surface area contributed by atoms with Crippen molar-refractivity contribution in [2.45, 2.75) is 11.8 Å². The standard InChI is InChI=1S/C5H7N3OS/c1-2-7-4(6)3(10)5(9)8-2/h10H,1H3,(H3,6,7,8,9). The predicted octanol–water partition coefficient (Wildman–Crippen LogP) is 0.362. The largest absolute Gasteiger partial charge is 0.492 e. The van der Waals surface area contributed by atoms with Gasteiger partial charge in [-0.2, -0.15) is 4.98 Å². The molecule has 0 spiro atoms. The van der Waals surface area contributed by atoms with E-state index in [1.165, 1.54) is 0 Å². The number of aromatic nitrogens is 2. The maximum absolute atomic E-state index is 8.97. The first-order valence-electron chi connectivity index (χ1n) is 2.63. The molecule has 0 aliphatic rings. The van der Waals surface area contributed by atoms with Crippen LogP contribution in [0.25, 0.3) is 0 Å². The lowest BCUT2D eigenvalue weighted by Crippen LogP contribution is -1.96. The number of nitrogens with two attached hydrogens (primary N) is 1. The van der Waals surface area contributed by atoms with Crippen molar-refractivity contribution in [1.82, 2.24) is 9.97 Å². The number of hydrogen-bond donors (Lipinski definition) is 3. The number of anilines is 1. The lowest BCUT2D eigenvalue weighted by molar-refractivity contribution is 0.437. The summed E-state index contributed by atoms with van der Waals surface area (Å²) >= 11 is 3.86. The molecular formula is C5H7N3OS. The van der Waals surface area contributed by atoms with E-state index in [-0.39, 0.29) is 16.6 Å². The third-order valence-corrected chi connectivity index (χ3v) is 1.43. The Bertz CT molecular complexity index is 240. The molecule has 1 rings (SSSR count). The summed E-state index contributed by atoms with van der Waals surface area (Å²) in [5.41, 5.74) is 5.33. The monoisotopic (exact) mass is 157 g/mol. The van der Waals surface area contributed by atoms with Crippen molar-refractivity contribution in [2.24, 2.45) is 0 Å². The number of aryl methyl sites for hydroxylation is 1. The van der Waals surface area contributed by atoms with Crippen molar-refractivity contribution in [3.05, 3.63) is 5.82 Å². The van der Waals surface area contributed by atoms with Crippen LogP contribution in [0, 0.1) is 6.92 Å².